The maximum absolute atomic E-state index is 12.4. The molecule has 0 heterocycles. The van der Waals surface area contributed by atoms with Crippen molar-refractivity contribution in [3.8, 4) is 0 Å². The van der Waals surface area contributed by atoms with E-state index in [1.165, 1.54) is 27.7 Å². The molecule has 2 aromatic rings. The summed E-state index contributed by atoms with van der Waals surface area (Å²) in [7, 11) is 0. The molecule has 8 heteroatoms. The number of aliphatic hydroxyl groups is 4. The Balaban J connectivity index is 2.30. The number of ketones is 2. The number of rotatable bonds is 14. The molecule has 4 N–H and O–H groups in total. The Hall–Kier alpha value is -2.46. The molecule has 35 heavy (non-hydrogen) atoms. The molecule has 0 bridgehead atoms. The van der Waals surface area contributed by atoms with Crippen LogP contribution in [-0.4, -0.2) is 87.5 Å². The molecule has 2 aromatic carbocycles. The number of hydrogen-bond acceptors (Lipinski definition) is 8. The topological polar surface area (TPSA) is 128 Å². The molecule has 0 atom stereocenters. The highest BCUT2D eigenvalue weighted by Gasteiger charge is 2.27. The molecule has 192 valence electrons. The zero-order valence-electron chi connectivity index (χ0n) is 20.9. The molecule has 0 saturated heterocycles. The average Bonchev–Trinajstić information content (AvgIpc) is 2.80. The standard InChI is InChI=1S/C27H37NO7/c1-26(2,33)24(31)21-9-5-19(6-10-21)23(35-18-15-28(13-16-29)14-17-30)20-7-11-22(12-8-20)25(32)27(3,4)34/h5-12,23,29-30,33-34H,13-18H2,1-4H3. The first-order chi connectivity index (χ1) is 16.4. The molecule has 0 aliphatic rings. The molecular weight excluding hydrogens is 450 g/mol. The molecule has 0 spiro atoms. The van der Waals surface area contributed by atoms with Crippen LogP contribution in [0.3, 0.4) is 0 Å². The minimum absolute atomic E-state index is 0.0309. The Morgan fingerprint density at radius 3 is 1.43 bits per heavy atom. The fourth-order valence-corrected chi connectivity index (χ4v) is 3.63. The Bertz CT molecular complexity index is 882. The minimum Gasteiger partial charge on any atom is -0.395 e. The molecule has 0 unspecified atom stereocenters. The van der Waals surface area contributed by atoms with E-state index in [9.17, 15) is 30.0 Å². The fourth-order valence-electron chi connectivity index (χ4n) is 3.63. The summed E-state index contributed by atoms with van der Waals surface area (Å²) in [6.45, 7) is 7.32. The molecule has 0 aromatic heterocycles. The van der Waals surface area contributed by atoms with Crippen LogP contribution in [0.25, 0.3) is 0 Å². The Morgan fingerprint density at radius 1 is 0.743 bits per heavy atom. The monoisotopic (exact) mass is 487 g/mol. The normalized spacial score (nSPS) is 12.4. The number of Topliss-reactive ketones (excluding diaryl/α,β-unsaturated/α-hetero) is 2. The van der Waals surface area contributed by atoms with Gasteiger partial charge in [0.1, 0.15) is 17.3 Å². The second-order valence-electron chi connectivity index (χ2n) is 9.56. The van der Waals surface area contributed by atoms with Crippen LogP contribution in [0.15, 0.2) is 48.5 Å². The van der Waals surface area contributed by atoms with Gasteiger partial charge in [-0.05, 0) is 38.8 Å². The van der Waals surface area contributed by atoms with E-state index in [0.717, 1.165) is 11.1 Å². The average molecular weight is 488 g/mol. The molecule has 0 amide bonds. The first-order valence-electron chi connectivity index (χ1n) is 11.7. The SMILES string of the molecule is CC(C)(O)C(=O)c1ccc(C(OCCN(CCO)CCO)c2ccc(C(=O)C(C)(C)O)cc2)cc1. The van der Waals surface area contributed by atoms with Gasteiger partial charge >= 0.3 is 0 Å². The van der Waals surface area contributed by atoms with Gasteiger partial charge in [-0.25, -0.2) is 0 Å². The molecule has 0 aliphatic heterocycles. The van der Waals surface area contributed by atoms with Crippen LogP contribution in [0.2, 0.25) is 0 Å². The van der Waals surface area contributed by atoms with Crippen LogP contribution < -0.4 is 0 Å². The number of carbonyl (C=O) groups excluding carboxylic acids is 2. The quantitative estimate of drug-likeness (QED) is 0.298. The first-order valence-corrected chi connectivity index (χ1v) is 11.7. The van der Waals surface area contributed by atoms with Crippen molar-refractivity contribution < 1.29 is 34.8 Å². The number of carbonyl (C=O) groups is 2. The number of hydrogen-bond donors (Lipinski definition) is 4. The second kappa shape index (κ2) is 12.5. The third kappa shape index (κ3) is 8.31. The number of ether oxygens (including phenoxy) is 1. The van der Waals surface area contributed by atoms with Gasteiger partial charge < -0.3 is 25.2 Å². The van der Waals surface area contributed by atoms with Crippen molar-refractivity contribution in [3.63, 3.8) is 0 Å². The fraction of sp³-hybridized carbons (Fsp3) is 0.481. The second-order valence-corrected chi connectivity index (χ2v) is 9.56. The first kappa shape index (κ1) is 28.8. The third-order valence-corrected chi connectivity index (χ3v) is 5.59. The van der Waals surface area contributed by atoms with Crippen LogP contribution in [0.4, 0.5) is 0 Å². The smallest absolute Gasteiger partial charge is 0.193 e. The van der Waals surface area contributed by atoms with Crippen molar-refractivity contribution in [2.24, 2.45) is 0 Å². The summed E-state index contributed by atoms with van der Waals surface area (Å²) in [5, 5.41) is 38.5. The van der Waals surface area contributed by atoms with Crippen LogP contribution in [0, 0.1) is 0 Å². The van der Waals surface area contributed by atoms with Crippen LogP contribution in [0.5, 0.6) is 0 Å². The lowest BCUT2D eigenvalue weighted by Gasteiger charge is -2.24. The van der Waals surface area contributed by atoms with Gasteiger partial charge in [0.25, 0.3) is 0 Å². The maximum Gasteiger partial charge on any atom is 0.193 e. The zero-order chi connectivity index (χ0) is 26.2. The van der Waals surface area contributed by atoms with Gasteiger partial charge in [0.05, 0.1) is 19.8 Å². The van der Waals surface area contributed by atoms with Crippen molar-refractivity contribution in [1.82, 2.24) is 4.90 Å². The van der Waals surface area contributed by atoms with E-state index in [1.807, 2.05) is 4.90 Å². The third-order valence-electron chi connectivity index (χ3n) is 5.59. The van der Waals surface area contributed by atoms with Gasteiger partial charge in [-0.15, -0.1) is 0 Å². The summed E-state index contributed by atoms with van der Waals surface area (Å²) >= 11 is 0. The Labute approximate surface area is 206 Å². The van der Waals surface area contributed by atoms with Crippen LogP contribution in [0.1, 0.15) is 65.6 Å². The lowest BCUT2D eigenvalue weighted by molar-refractivity contribution is 0.0483. The van der Waals surface area contributed by atoms with Crippen molar-refractivity contribution in [1.29, 1.82) is 0 Å². The molecule has 0 radical (unpaired) electrons. The summed E-state index contributed by atoms with van der Waals surface area (Å²) in [5.41, 5.74) is -0.664. The van der Waals surface area contributed by atoms with E-state index < -0.39 is 17.3 Å². The van der Waals surface area contributed by atoms with Gasteiger partial charge in [0.15, 0.2) is 11.6 Å². The summed E-state index contributed by atoms with van der Waals surface area (Å²) in [6, 6.07) is 13.6. The molecule has 8 nitrogen and oxygen atoms in total. The number of aliphatic hydroxyl groups excluding tert-OH is 2. The van der Waals surface area contributed by atoms with Crippen molar-refractivity contribution >= 4 is 11.6 Å². The van der Waals surface area contributed by atoms with E-state index in [0.29, 0.717) is 37.4 Å². The van der Waals surface area contributed by atoms with Crippen LogP contribution in [-0.2, 0) is 4.74 Å². The highest BCUT2D eigenvalue weighted by Crippen LogP contribution is 2.28. The van der Waals surface area contributed by atoms with Gasteiger partial charge in [-0.2, -0.15) is 0 Å². The lowest BCUT2D eigenvalue weighted by atomic mass is 9.92. The van der Waals surface area contributed by atoms with E-state index in [-0.39, 0.29) is 24.8 Å². The number of nitrogens with zero attached hydrogens (tertiary/aromatic N) is 1. The largest absolute Gasteiger partial charge is 0.395 e. The van der Waals surface area contributed by atoms with E-state index in [4.69, 9.17) is 4.74 Å². The van der Waals surface area contributed by atoms with E-state index in [1.54, 1.807) is 48.5 Å². The Kier molecular flexibility index (Phi) is 10.3. The predicted molar refractivity (Wildman–Crippen MR) is 133 cm³/mol. The molecule has 0 fully saturated rings. The summed E-state index contributed by atoms with van der Waals surface area (Å²) in [4.78, 5) is 26.7. The molecule has 0 saturated carbocycles. The lowest BCUT2D eigenvalue weighted by Crippen LogP contribution is -2.33. The van der Waals surface area contributed by atoms with Gasteiger partial charge in [0.2, 0.25) is 0 Å². The highest BCUT2D eigenvalue weighted by atomic mass is 16.5. The number of benzene rings is 2. The van der Waals surface area contributed by atoms with Gasteiger partial charge in [0, 0.05) is 30.8 Å². The Morgan fingerprint density at radius 2 is 1.11 bits per heavy atom. The summed E-state index contributed by atoms with van der Waals surface area (Å²) in [6.07, 6.45) is -0.516. The summed E-state index contributed by atoms with van der Waals surface area (Å²) < 4.78 is 6.20. The minimum atomic E-state index is -1.48. The maximum atomic E-state index is 12.4. The van der Waals surface area contributed by atoms with Gasteiger partial charge in [-0.3, -0.25) is 14.5 Å². The van der Waals surface area contributed by atoms with E-state index >= 15 is 0 Å². The molecular formula is C27H37NO7. The van der Waals surface area contributed by atoms with Crippen molar-refractivity contribution in [3.05, 3.63) is 70.8 Å². The van der Waals surface area contributed by atoms with Crippen LogP contribution >= 0.6 is 0 Å². The zero-order valence-corrected chi connectivity index (χ0v) is 20.9. The predicted octanol–water partition coefficient (Wildman–Crippen LogP) is 1.99. The van der Waals surface area contributed by atoms with Crippen molar-refractivity contribution in [2.75, 3.05) is 39.5 Å². The molecule has 2 rings (SSSR count). The van der Waals surface area contributed by atoms with Crippen molar-refractivity contribution in [2.45, 2.75) is 45.0 Å². The van der Waals surface area contributed by atoms with Gasteiger partial charge in [-0.1, -0.05) is 48.5 Å². The summed E-state index contributed by atoms with van der Waals surface area (Å²) in [5.74, 6) is -0.778. The highest BCUT2D eigenvalue weighted by molar-refractivity contribution is 6.02. The van der Waals surface area contributed by atoms with E-state index in [2.05, 4.69) is 0 Å². The molecule has 0 aliphatic carbocycles.